The molecule has 4 aromatic rings. The summed E-state index contributed by atoms with van der Waals surface area (Å²) in [6.07, 6.45) is 2.10. The van der Waals surface area contributed by atoms with Gasteiger partial charge >= 0.3 is 0 Å². The highest BCUT2D eigenvalue weighted by Crippen LogP contribution is 2.31. The van der Waals surface area contributed by atoms with E-state index in [2.05, 4.69) is 0 Å². The third-order valence-electron chi connectivity index (χ3n) is 4.62. The van der Waals surface area contributed by atoms with Gasteiger partial charge in [-0.15, -0.1) is 11.3 Å². The lowest BCUT2D eigenvalue weighted by Gasteiger charge is -2.14. The minimum Gasteiger partial charge on any atom is -0.496 e. The zero-order valence-corrected chi connectivity index (χ0v) is 16.5. The number of aromatic nitrogens is 2. The average Bonchev–Trinajstić information content (AvgIpc) is 3.37. The van der Waals surface area contributed by atoms with Crippen LogP contribution in [0.1, 0.15) is 11.4 Å². The molecule has 0 spiro atoms. The average molecular weight is 396 g/mol. The molecule has 6 nitrogen and oxygen atoms in total. The van der Waals surface area contributed by atoms with Crippen LogP contribution in [0.5, 0.6) is 5.75 Å². The number of hydrogen-bond donors (Lipinski definition) is 0. The van der Waals surface area contributed by atoms with Crippen LogP contribution in [-0.4, -0.2) is 30.4 Å². The lowest BCUT2D eigenvalue weighted by atomic mass is 10.1. The Bertz CT molecular complexity index is 1150. The van der Waals surface area contributed by atoms with E-state index in [1.54, 1.807) is 25.0 Å². The third-order valence-corrected chi connectivity index (χ3v) is 5.49. The molecule has 0 amide bonds. The minimum atomic E-state index is -0.0837. The van der Waals surface area contributed by atoms with Crippen molar-refractivity contribution in [2.24, 2.45) is 0 Å². The molecular weight excluding hydrogens is 376 g/mol. The van der Waals surface area contributed by atoms with E-state index < -0.39 is 0 Å². The van der Waals surface area contributed by atoms with Gasteiger partial charge in [0.15, 0.2) is 0 Å². The summed E-state index contributed by atoms with van der Waals surface area (Å²) >= 11 is 1.45. The lowest BCUT2D eigenvalue weighted by Crippen LogP contribution is -2.27. The number of para-hydroxylation sites is 1. The predicted molar refractivity (Wildman–Crippen MR) is 109 cm³/mol. The van der Waals surface area contributed by atoms with Gasteiger partial charge < -0.3 is 13.9 Å². The summed E-state index contributed by atoms with van der Waals surface area (Å²) in [6.45, 7) is 0.850. The van der Waals surface area contributed by atoms with E-state index in [0.717, 1.165) is 16.9 Å². The van der Waals surface area contributed by atoms with Gasteiger partial charge in [0.05, 0.1) is 31.9 Å². The van der Waals surface area contributed by atoms with Gasteiger partial charge in [-0.3, -0.25) is 9.36 Å². The second-order valence-corrected chi connectivity index (χ2v) is 7.13. The highest BCUT2D eigenvalue weighted by atomic mass is 32.1. The molecule has 0 aliphatic rings. The molecule has 0 aliphatic heterocycles. The van der Waals surface area contributed by atoms with E-state index in [4.69, 9.17) is 18.9 Å². The van der Waals surface area contributed by atoms with Gasteiger partial charge in [0.25, 0.3) is 5.56 Å². The van der Waals surface area contributed by atoms with Crippen molar-refractivity contribution in [3.8, 4) is 17.1 Å². The van der Waals surface area contributed by atoms with Gasteiger partial charge in [-0.2, -0.15) is 0 Å². The van der Waals surface area contributed by atoms with Crippen molar-refractivity contribution in [3.63, 3.8) is 0 Å². The first kappa shape index (κ1) is 18.5. The van der Waals surface area contributed by atoms with Crippen molar-refractivity contribution in [3.05, 3.63) is 69.8 Å². The standard InChI is InChI=1S/C21H20N2O4S/c1-25-11-9-23-18(12-14-6-3-4-7-16(14)26-2)22-20-19(21(23)24)15(13-28-20)17-8-5-10-27-17/h3-8,10,13H,9,11-12H2,1-2H3. The van der Waals surface area contributed by atoms with Crippen molar-refractivity contribution >= 4 is 21.6 Å². The predicted octanol–water partition coefficient (Wildman–Crippen LogP) is 3.96. The minimum absolute atomic E-state index is 0.0837. The number of thiophene rings is 1. The monoisotopic (exact) mass is 396 g/mol. The van der Waals surface area contributed by atoms with Crippen molar-refractivity contribution in [1.82, 2.24) is 9.55 Å². The van der Waals surface area contributed by atoms with Crippen molar-refractivity contribution in [2.45, 2.75) is 13.0 Å². The molecule has 3 heterocycles. The third kappa shape index (κ3) is 3.34. The smallest absolute Gasteiger partial charge is 0.263 e. The first-order chi connectivity index (χ1) is 13.7. The second kappa shape index (κ2) is 8.00. The number of fused-ring (bicyclic) bond motifs is 1. The maximum Gasteiger partial charge on any atom is 0.263 e. The van der Waals surface area contributed by atoms with Gasteiger partial charge in [-0.25, -0.2) is 4.98 Å². The SMILES string of the molecule is COCCn1c(Cc2ccccc2OC)nc2scc(-c3ccco3)c2c1=O. The Morgan fingerprint density at radius 1 is 1.18 bits per heavy atom. The van der Waals surface area contributed by atoms with Gasteiger partial charge in [0, 0.05) is 30.0 Å². The Kier molecular flexibility index (Phi) is 5.27. The zero-order valence-electron chi connectivity index (χ0n) is 15.7. The molecule has 4 rings (SSSR count). The van der Waals surface area contributed by atoms with E-state index in [-0.39, 0.29) is 5.56 Å². The molecule has 0 aliphatic carbocycles. The lowest BCUT2D eigenvalue weighted by molar-refractivity contribution is 0.185. The summed E-state index contributed by atoms with van der Waals surface area (Å²) in [7, 11) is 3.26. The molecular formula is C21H20N2O4S. The molecule has 0 saturated heterocycles. The van der Waals surface area contributed by atoms with E-state index >= 15 is 0 Å². The summed E-state index contributed by atoms with van der Waals surface area (Å²) in [5, 5.41) is 2.51. The highest BCUT2D eigenvalue weighted by molar-refractivity contribution is 7.17. The number of hydrogen-bond acceptors (Lipinski definition) is 6. The van der Waals surface area contributed by atoms with E-state index in [1.165, 1.54) is 11.3 Å². The van der Waals surface area contributed by atoms with E-state index in [1.807, 2.05) is 41.8 Å². The fraction of sp³-hybridized carbons (Fsp3) is 0.238. The fourth-order valence-electron chi connectivity index (χ4n) is 3.25. The molecule has 7 heteroatoms. The van der Waals surface area contributed by atoms with E-state index in [0.29, 0.717) is 41.4 Å². The number of rotatable bonds is 7. The largest absolute Gasteiger partial charge is 0.496 e. The number of ether oxygens (including phenoxy) is 2. The van der Waals surface area contributed by atoms with Crippen molar-refractivity contribution in [1.29, 1.82) is 0 Å². The number of nitrogens with zero attached hydrogens (tertiary/aromatic N) is 2. The Hall–Kier alpha value is -2.90. The number of methoxy groups -OCH3 is 2. The summed E-state index contributed by atoms with van der Waals surface area (Å²) < 4.78 is 17.9. The van der Waals surface area contributed by atoms with Crippen molar-refractivity contribution < 1.29 is 13.9 Å². The number of benzene rings is 1. The maximum absolute atomic E-state index is 13.4. The molecule has 1 aromatic carbocycles. The Labute approximate surface area is 166 Å². The summed E-state index contributed by atoms with van der Waals surface area (Å²) in [5.74, 6) is 2.13. The molecule has 0 unspecified atom stereocenters. The highest BCUT2D eigenvalue weighted by Gasteiger charge is 2.19. The van der Waals surface area contributed by atoms with Crippen LogP contribution in [0.2, 0.25) is 0 Å². The molecule has 0 radical (unpaired) electrons. The Morgan fingerprint density at radius 3 is 2.79 bits per heavy atom. The summed E-state index contributed by atoms with van der Waals surface area (Å²) in [5.41, 5.74) is 1.67. The molecule has 0 bridgehead atoms. The topological polar surface area (TPSA) is 66.5 Å². The fourth-order valence-corrected chi connectivity index (χ4v) is 4.18. The molecule has 0 saturated carbocycles. The van der Waals surface area contributed by atoms with Crippen LogP contribution in [0.4, 0.5) is 0 Å². The van der Waals surface area contributed by atoms with Gasteiger partial charge in [-0.05, 0) is 18.2 Å². The van der Waals surface area contributed by atoms with Crippen LogP contribution in [0.25, 0.3) is 21.5 Å². The van der Waals surface area contributed by atoms with E-state index in [9.17, 15) is 4.79 Å². The summed E-state index contributed by atoms with van der Waals surface area (Å²) in [6, 6.07) is 11.4. The molecule has 144 valence electrons. The summed E-state index contributed by atoms with van der Waals surface area (Å²) in [4.78, 5) is 18.9. The van der Waals surface area contributed by atoms with Gasteiger partial charge in [0.1, 0.15) is 22.2 Å². The van der Waals surface area contributed by atoms with Crippen LogP contribution in [0.15, 0.2) is 57.3 Å². The normalized spacial score (nSPS) is 11.2. The molecule has 0 N–H and O–H groups in total. The molecule has 28 heavy (non-hydrogen) atoms. The van der Waals surface area contributed by atoms with Crippen molar-refractivity contribution in [2.75, 3.05) is 20.8 Å². The first-order valence-electron chi connectivity index (χ1n) is 8.88. The van der Waals surface area contributed by atoms with Crippen LogP contribution in [-0.2, 0) is 17.7 Å². The quantitative estimate of drug-likeness (QED) is 0.473. The maximum atomic E-state index is 13.4. The van der Waals surface area contributed by atoms with Gasteiger partial charge in [-0.1, -0.05) is 18.2 Å². The number of furan rings is 1. The second-order valence-electron chi connectivity index (χ2n) is 6.27. The Balaban J connectivity index is 1.87. The Morgan fingerprint density at radius 2 is 2.04 bits per heavy atom. The van der Waals surface area contributed by atoms with Crippen LogP contribution in [0.3, 0.4) is 0 Å². The van der Waals surface area contributed by atoms with Crippen LogP contribution >= 0.6 is 11.3 Å². The molecule has 0 fully saturated rings. The zero-order chi connectivity index (χ0) is 19.5. The van der Waals surface area contributed by atoms with Crippen LogP contribution in [0, 0.1) is 0 Å². The molecule has 0 atom stereocenters. The van der Waals surface area contributed by atoms with Gasteiger partial charge in [0.2, 0.25) is 0 Å². The molecule has 3 aromatic heterocycles. The van der Waals surface area contributed by atoms with Crippen LogP contribution < -0.4 is 10.3 Å². The first-order valence-corrected chi connectivity index (χ1v) is 9.76.